The Labute approximate surface area is 256 Å². The van der Waals surface area contributed by atoms with Crippen LogP contribution in [0.1, 0.15) is 83.6 Å². The van der Waals surface area contributed by atoms with E-state index in [9.17, 15) is 24.9 Å². The topological polar surface area (TPSA) is 215 Å². The quantitative estimate of drug-likeness (QED) is 0.0426. The van der Waals surface area contributed by atoms with Crippen LogP contribution in [-0.4, -0.2) is 75.3 Å². The van der Waals surface area contributed by atoms with E-state index in [1.807, 2.05) is 38.1 Å². The number of carbonyl (C=O) groups excluding carboxylic acids is 1. The molecule has 1 aromatic rings. The van der Waals surface area contributed by atoms with Crippen LogP contribution in [0.2, 0.25) is 0 Å². The van der Waals surface area contributed by atoms with Crippen molar-refractivity contribution in [1.82, 2.24) is 0 Å². The van der Waals surface area contributed by atoms with Gasteiger partial charge in [-0.05, 0) is 95.5 Å². The summed E-state index contributed by atoms with van der Waals surface area (Å²) >= 11 is 0. The Hall–Kier alpha value is -2.99. The predicted octanol–water partition coefficient (Wildman–Crippen LogP) is 2.64. The number of esters is 1. The van der Waals surface area contributed by atoms with Gasteiger partial charge in [0.1, 0.15) is 6.04 Å². The number of allylic oxidation sites excluding steroid dienone is 2. The zero-order chi connectivity index (χ0) is 32.2. The molecule has 6 atom stereocenters. The summed E-state index contributed by atoms with van der Waals surface area (Å²) in [5.41, 5.74) is 16.5. The molecule has 1 aliphatic rings. The van der Waals surface area contributed by atoms with Gasteiger partial charge in [-0.1, -0.05) is 42.5 Å². The molecule has 0 bridgehead atoms. The lowest BCUT2D eigenvalue weighted by molar-refractivity contribution is -0.147. The number of hydrogen-bond acceptors (Lipinski definition) is 8. The number of nitrogens with two attached hydrogens (primary N) is 3. The maximum Gasteiger partial charge on any atom is 0.320 e. The highest BCUT2D eigenvalue weighted by Gasteiger charge is 2.40. The third-order valence-corrected chi connectivity index (χ3v) is 7.44. The first kappa shape index (κ1) is 38.0. The van der Waals surface area contributed by atoms with Gasteiger partial charge in [-0.25, -0.2) is 0 Å². The van der Waals surface area contributed by atoms with Crippen molar-refractivity contribution in [1.29, 1.82) is 0 Å². The number of unbranched alkanes of at least 4 members (excludes halogenated alkanes) is 1. The smallest absolute Gasteiger partial charge is 0.320 e. The maximum atomic E-state index is 11.5. The summed E-state index contributed by atoms with van der Waals surface area (Å²) in [5, 5.41) is 39.6. The average molecular weight is 607 g/mol. The number of aryl methyl sites for hydroxylation is 1. The normalized spacial score (nSPS) is 21.2. The summed E-state index contributed by atoms with van der Waals surface area (Å²) in [6.45, 7) is 4.11. The highest BCUT2D eigenvalue weighted by molar-refractivity contribution is 5.75. The fraction of sp³-hybridized carbons (Fsp3) is 0.656. The summed E-state index contributed by atoms with van der Waals surface area (Å²) in [6, 6.07) is 9.32. The van der Waals surface area contributed by atoms with Crippen molar-refractivity contribution >= 4 is 17.9 Å². The number of rotatable bonds is 18. The van der Waals surface area contributed by atoms with Crippen molar-refractivity contribution in [2.75, 3.05) is 6.54 Å². The minimum atomic E-state index is -1.00. The van der Waals surface area contributed by atoms with E-state index in [1.54, 1.807) is 0 Å². The SMILES string of the molecule is CC(C)OC(=O)CCC/C=C\C[C@@H]1[C@@H](CC[C@@H](O)CCc2ccccc2)[C@H](O)C[C@@H]1O.NC(N)=NCCCC(N)C(=O)O. The second kappa shape index (κ2) is 21.7. The summed E-state index contributed by atoms with van der Waals surface area (Å²) in [5.74, 6) is -1.13. The van der Waals surface area contributed by atoms with Gasteiger partial charge in [-0.2, -0.15) is 0 Å². The van der Waals surface area contributed by atoms with Crippen LogP contribution in [-0.2, 0) is 20.7 Å². The molecule has 43 heavy (non-hydrogen) atoms. The van der Waals surface area contributed by atoms with E-state index in [0.29, 0.717) is 57.9 Å². The molecule has 2 rings (SSSR count). The summed E-state index contributed by atoms with van der Waals surface area (Å²) in [6.07, 6.45) is 9.53. The van der Waals surface area contributed by atoms with Crippen LogP contribution in [0.15, 0.2) is 47.5 Å². The predicted molar refractivity (Wildman–Crippen MR) is 168 cm³/mol. The third kappa shape index (κ3) is 17.7. The van der Waals surface area contributed by atoms with E-state index in [-0.39, 0.29) is 29.9 Å². The molecule has 0 spiro atoms. The van der Waals surface area contributed by atoms with Gasteiger partial charge in [-0.15, -0.1) is 0 Å². The lowest BCUT2D eigenvalue weighted by Crippen LogP contribution is -2.30. The second-order valence-corrected chi connectivity index (χ2v) is 11.5. The van der Waals surface area contributed by atoms with Gasteiger partial charge >= 0.3 is 11.9 Å². The molecule has 11 nitrogen and oxygen atoms in total. The van der Waals surface area contributed by atoms with Crippen LogP contribution in [0, 0.1) is 11.8 Å². The molecule has 0 radical (unpaired) electrons. The number of aliphatic imine (C=N–C) groups is 1. The number of guanidine groups is 1. The molecule has 1 aromatic carbocycles. The number of nitrogens with zero attached hydrogens (tertiary/aromatic N) is 1. The Morgan fingerprint density at radius 3 is 2.33 bits per heavy atom. The van der Waals surface area contributed by atoms with Gasteiger partial charge in [0.05, 0.1) is 24.4 Å². The molecule has 0 heterocycles. The number of aliphatic hydroxyl groups excluding tert-OH is 3. The summed E-state index contributed by atoms with van der Waals surface area (Å²) in [7, 11) is 0. The number of hydrogen-bond donors (Lipinski definition) is 7. The Bertz CT molecular complexity index is 970. The summed E-state index contributed by atoms with van der Waals surface area (Å²) < 4.78 is 5.12. The van der Waals surface area contributed by atoms with Crippen molar-refractivity contribution in [2.45, 2.75) is 115 Å². The molecule has 244 valence electrons. The molecule has 0 amide bonds. The number of ether oxygens (including phenoxy) is 1. The first-order valence-corrected chi connectivity index (χ1v) is 15.4. The monoisotopic (exact) mass is 606 g/mol. The van der Waals surface area contributed by atoms with Gasteiger partial charge in [0.2, 0.25) is 0 Å². The van der Waals surface area contributed by atoms with Crippen molar-refractivity contribution in [3.63, 3.8) is 0 Å². The van der Waals surface area contributed by atoms with Crippen LogP contribution in [0.4, 0.5) is 0 Å². The molecule has 1 aliphatic carbocycles. The molecular formula is C32H54N4O7. The fourth-order valence-electron chi connectivity index (χ4n) is 5.11. The summed E-state index contributed by atoms with van der Waals surface area (Å²) in [4.78, 5) is 25.4. The lowest BCUT2D eigenvalue weighted by Gasteiger charge is -2.23. The Kier molecular flexibility index (Phi) is 19.2. The molecule has 0 aliphatic heterocycles. The number of aliphatic carboxylic acids is 1. The Morgan fingerprint density at radius 1 is 1.02 bits per heavy atom. The lowest BCUT2D eigenvalue weighted by atomic mass is 9.85. The van der Waals surface area contributed by atoms with Crippen LogP contribution in [0.3, 0.4) is 0 Å². The first-order valence-electron chi connectivity index (χ1n) is 15.4. The molecule has 1 fully saturated rings. The van der Waals surface area contributed by atoms with Crippen molar-refractivity contribution in [2.24, 2.45) is 34.0 Å². The standard InChI is InChI=1S/C26H40O5.C6H14N4O2/c1-19(2)31-26(30)13-9-4-3-8-12-22-23(25(29)18-24(22)28)17-16-21(27)15-14-20-10-6-5-7-11-20;7-4(5(11)12)2-1-3-10-6(8)9/h3,5-8,10-11,19,21-25,27-29H,4,9,12-18H2,1-2H3;4H,1-3,7H2,(H,11,12)(H4,8,9,10)/b8-3-;/t21-,22+,23+,24-,25+;/m0./s1. The largest absolute Gasteiger partial charge is 0.480 e. The van der Waals surface area contributed by atoms with Crippen LogP contribution in [0.25, 0.3) is 0 Å². The molecular weight excluding hydrogens is 552 g/mol. The third-order valence-electron chi connectivity index (χ3n) is 7.44. The van der Waals surface area contributed by atoms with Gasteiger partial charge in [-0.3, -0.25) is 14.6 Å². The minimum absolute atomic E-state index is 0.00652. The van der Waals surface area contributed by atoms with Crippen molar-refractivity contribution in [3.05, 3.63) is 48.0 Å². The number of aliphatic hydroxyl groups is 3. The fourth-order valence-corrected chi connectivity index (χ4v) is 5.11. The Balaban J connectivity index is 0.000000650. The molecule has 0 aromatic heterocycles. The van der Waals surface area contributed by atoms with Crippen LogP contribution in [0.5, 0.6) is 0 Å². The average Bonchev–Trinajstić information content (AvgIpc) is 3.22. The molecule has 10 N–H and O–H groups in total. The highest BCUT2D eigenvalue weighted by Crippen LogP contribution is 2.38. The highest BCUT2D eigenvalue weighted by atomic mass is 16.5. The molecule has 1 unspecified atom stereocenters. The zero-order valence-electron chi connectivity index (χ0n) is 25.8. The van der Waals surface area contributed by atoms with Gasteiger partial charge < -0.3 is 42.4 Å². The Morgan fingerprint density at radius 2 is 1.70 bits per heavy atom. The number of carboxylic acids is 1. The van der Waals surface area contributed by atoms with Gasteiger partial charge in [0, 0.05) is 13.0 Å². The van der Waals surface area contributed by atoms with E-state index in [1.165, 1.54) is 5.56 Å². The van der Waals surface area contributed by atoms with Gasteiger partial charge in [0.25, 0.3) is 0 Å². The second-order valence-electron chi connectivity index (χ2n) is 11.5. The maximum absolute atomic E-state index is 11.5. The van der Waals surface area contributed by atoms with E-state index < -0.39 is 30.3 Å². The van der Waals surface area contributed by atoms with Crippen molar-refractivity contribution in [3.8, 4) is 0 Å². The van der Waals surface area contributed by atoms with E-state index >= 15 is 0 Å². The van der Waals surface area contributed by atoms with E-state index in [0.717, 1.165) is 19.3 Å². The molecule has 11 heteroatoms. The van der Waals surface area contributed by atoms with Crippen LogP contribution < -0.4 is 17.2 Å². The number of carboxylic acid groups (broad SMARTS) is 1. The zero-order valence-corrected chi connectivity index (χ0v) is 25.8. The van der Waals surface area contributed by atoms with Crippen molar-refractivity contribution < 1.29 is 34.8 Å². The number of benzene rings is 1. The van der Waals surface area contributed by atoms with Crippen LogP contribution >= 0.6 is 0 Å². The van der Waals surface area contributed by atoms with Gasteiger partial charge in [0.15, 0.2) is 5.96 Å². The molecule has 0 saturated heterocycles. The number of carbonyl (C=O) groups is 2. The minimum Gasteiger partial charge on any atom is -0.480 e. The van der Waals surface area contributed by atoms with E-state index in [2.05, 4.69) is 23.2 Å². The molecule has 1 saturated carbocycles. The first-order chi connectivity index (χ1) is 20.4. The van der Waals surface area contributed by atoms with E-state index in [4.69, 9.17) is 27.0 Å².